The Morgan fingerprint density at radius 3 is 2.64 bits per heavy atom. The second-order valence-corrected chi connectivity index (χ2v) is 6.14. The van der Waals surface area contributed by atoms with Crippen LogP contribution in [0.25, 0.3) is 0 Å². The van der Waals surface area contributed by atoms with Gasteiger partial charge in [-0.3, -0.25) is 19.7 Å². The molecule has 2 fully saturated rings. The van der Waals surface area contributed by atoms with E-state index < -0.39 is 6.04 Å². The third-order valence-electron chi connectivity index (χ3n) is 4.81. The van der Waals surface area contributed by atoms with E-state index >= 15 is 0 Å². The zero-order valence-corrected chi connectivity index (χ0v) is 12.1. The van der Waals surface area contributed by atoms with Crippen molar-refractivity contribution in [2.75, 3.05) is 13.1 Å². The molecule has 3 aliphatic heterocycles. The number of rotatable bonds is 2. The van der Waals surface area contributed by atoms with Crippen LogP contribution in [0.2, 0.25) is 0 Å². The highest BCUT2D eigenvalue weighted by Gasteiger charge is 2.41. The molecular formula is C16H17N3O3. The van der Waals surface area contributed by atoms with Gasteiger partial charge in [-0.25, -0.2) is 0 Å². The van der Waals surface area contributed by atoms with Gasteiger partial charge in [-0.05, 0) is 17.5 Å². The summed E-state index contributed by atoms with van der Waals surface area (Å²) in [5.74, 6) is -0.316. The summed E-state index contributed by atoms with van der Waals surface area (Å²) in [6.07, 6.45) is 0.695. The predicted molar refractivity (Wildman–Crippen MR) is 78.1 cm³/mol. The number of carbonyl (C=O) groups is 3. The molecule has 4 rings (SSSR count). The van der Waals surface area contributed by atoms with E-state index in [1.807, 2.05) is 18.2 Å². The van der Waals surface area contributed by atoms with Crippen molar-refractivity contribution in [3.63, 3.8) is 0 Å². The van der Waals surface area contributed by atoms with Gasteiger partial charge in [-0.15, -0.1) is 0 Å². The van der Waals surface area contributed by atoms with E-state index in [9.17, 15) is 14.4 Å². The molecule has 0 aliphatic carbocycles. The summed E-state index contributed by atoms with van der Waals surface area (Å²) in [5, 5.41) is 5.56. The van der Waals surface area contributed by atoms with Gasteiger partial charge in [0.25, 0.3) is 5.91 Å². The average molecular weight is 299 g/mol. The minimum absolute atomic E-state index is 0.0769. The first-order valence-corrected chi connectivity index (χ1v) is 7.62. The Labute approximate surface area is 127 Å². The summed E-state index contributed by atoms with van der Waals surface area (Å²) >= 11 is 0. The lowest BCUT2D eigenvalue weighted by Crippen LogP contribution is -2.52. The fraction of sp³-hybridized carbons (Fsp3) is 0.438. The summed E-state index contributed by atoms with van der Waals surface area (Å²) < 4.78 is 0. The fourth-order valence-electron chi connectivity index (χ4n) is 3.49. The van der Waals surface area contributed by atoms with Crippen molar-refractivity contribution < 1.29 is 14.4 Å². The number of hydrogen-bond donors (Lipinski definition) is 2. The molecule has 114 valence electrons. The van der Waals surface area contributed by atoms with Crippen molar-refractivity contribution in [3.05, 3.63) is 34.9 Å². The second-order valence-electron chi connectivity index (χ2n) is 6.14. The van der Waals surface area contributed by atoms with Gasteiger partial charge >= 0.3 is 0 Å². The Balaban J connectivity index is 1.64. The van der Waals surface area contributed by atoms with Crippen LogP contribution in [0, 0.1) is 0 Å². The van der Waals surface area contributed by atoms with Gasteiger partial charge in [0, 0.05) is 37.5 Å². The lowest BCUT2D eigenvalue weighted by atomic mass is 9.88. The summed E-state index contributed by atoms with van der Waals surface area (Å²) in [6.45, 7) is 2.23. The van der Waals surface area contributed by atoms with Crippen LogP contribution in [0.15, 0.2) is 18.2 Å². The SMILES string of the molecule is O=C1CCC(N2Cc3cccc(C4CNC4)c3C2=O)C(=O)N1. The van der Waals surface area contributed by atoms with Crippen LogP contribution in [-0.4, -0.2) is 41.8 Å². The monoisotopic (exact) mass is 299 g/mol. The van der Waals surface area contributed by atoms with E-state index in [0.717, 1.165) is 29.8 Å². The zero-order valence-electron chi connectivity index (χ0n) is 12.1. The number of fused-ring (bicyclic) bond motifs is 1. The number of nitrogens with one attached hydrogen (secondary N) is 2. The lowest BCUT2D eigenvalue weighted by Gasteiger charge is -2.30. The Morgan fingerprint density at radius 1 is 1.14 bits per heavy atom. The zero-order chi connectivity index (χ0) is 15.3. The lowest BCUT2D eigenvalue weighted by molar-refractivity contribution is -0.136. The Bertz CT molecular complexity index is 681. The summed E-state index contributed by atoms with van der Waals surface area (Å²) in [5.41, 5.74) is 2.83. The van der Waals surface area contributed by atoms with E-state index in [2.05, 4.69) is 10.6 Å². The molecule has 6 nitrogen and oxygen atoms in total. The molecule has 0 aromatic heterocycles. The van der Waals surface area contributed by atoms with Gasteiger partial charge < -0.3 is 10.2 Å². The second kappa shape index (κ2) is 4.91. The third-order valence-corrected chi connectivity index (χ3v) is 4.81. The van der Waals surface area contributed by atoms with Crippen LogP contribution in [0.4, 0.5) is 0 Å². The van der Waals surface area contributed by atoms with Gasteiger partial charge in [-0.1, -0.05) is 18.2 Å². The van der Waals surface area contributed by atoms with Crippen LogP contribution in [-0.2, 0) is 16.1 Å². The molecule has 6 heteroatoms. The maximum absolute atomic E-state index is 12.8. The van der Waals surface area contributed by atoms with Gasteiger partial charge in [-0.2, -0.15) is 0 Å². The van der Waals surface area contributed by atoms with Crippen molar-refractivity contribution >= 4 is 17.7 Å². The van der Waals surface area contributed by atoms with Gasteiger partial charge in [0.1, 0.15) is 6.04 Å². The molecule has 0 radical (unpaired) electrons. The first-order chi connectivity index (χ1) is 10.6. The normalized spacial score (nSPS) is 25.0. The number of imide groups is 1. The molecule has 1 aromatic rings. The fourth-order valence-corrected chi connectivity index (χ4v) is 3.49. The Kier molecular flexibility index (Phi) is 3.00. The standard InChI is InChI=1S/C16H17N3O3/c20-13-5-4-12(15(21)18-13)19-8-9-2-1-3-11(10-6-17-7-10)14(9)16(19)22/h1-3,10,12,17H,4-8H2,(H,18,20,21). The largest absolute Gasteiger partial charge is 0.322 e. The summed E-state index contributed by atoms with van der Waals surface area (Å²) in [6, 6.07) is 5.41. The number of nitrogens with zero attached hydrogens (tertiary/aromatic N) is 1. The van der Waals surface area contributed by atoms with Crippen LogP contribution in [0.3, 0.4) is 0 Å². The smallest absolute Gasteiger partial charge is 0.255 e. The highest BCUT2D eigenvalue weighted by Crippen LogP contribution is 2.34. The maximum Gasteiger partial charge on any atom is 0.255 e. The molecule has 1 atom stereocenters. The Morgan fingerprint density at radius 2 is 1.95 bits per heavy atom. The summed E-state index contributed by atoms with van der Waals surface area (Å²) in [7, 11) is 0. The molecule has 2 saturated heterocycles. The first kappa shape index (κ1) is 13.5. The number of benzene rings is 1. The van der Waals surface area contributed by atoms with Crippen molar-refractivity contribution in [1.82, 2.24) is 15.5 Å². The number of piperidine rings is 1. The predicted octanol–water partition coefficient (Wildman–Crippen LogP) is 0.134. The molecular weight excluding hydrogens is 282 g/mol. The minimum atomic E-state index is -0.537. The van der Waals surface area contributed by atoms with E-state index in [4.69, 9.17) is 0 Å². The molecule has 3 aliphatic rings. The molecule has 1 unspecified atom stereocenters. The molecule has 3 heterocycles. The molecule has 3 amide bonds. The Hall–Kier alpha value is -2.21. The van der Waals surface area contributed by atoms with Crippen LogP contribution >= 0.6 is 0 Å². The molecule has 2 N–H and O–H groups in total. The number of carbonyl (C=O) groups excluding carboxylic acids is 3. The van der Waals surface area contributed by atoms with E-state index in [-0.39, 0.29) is 24.1 Å². The van der Waals surface area contributed by atoms with Gasteiger partial charge in [0.15, 0.2) is 0 Å². The van der Waals surface area contributed by atoms with Crippen molar-refractivity contribution in [3.8, 4) is 0 Å². The minimum Gasteiger partial charge on any atom is -0.322 e. The molecule has 0 spiro atoms. The highest BCUT2D eigenvalue weighted by atomic mass is 16.2. The van der Waals surface area contributed by atoms with Crippen LogP contribution in [0.5, 0.6) is 0 Å². The van der Waals surface area contributed by atoms with Crippen molar-refractivity contribution in [1.29, 1.82) is 0 Å². The van der Waals surface area contributed by atoms with Gasteiger partial charge in [0.2, 0.25) is 11.8 Å². The number of hydrogen-bond acceptors (Lipinski definition) is 4. The maximum atomic E-state index is 12.8. The first-order valence-electron chi connectivity index (χ1n) is 7.62. The molecule has 22 heavy (non-hydrogen) atoms. The number of amides is 3. The molecule has 1 aromatic carbocycles. The average Bonchev–Trinajstić information content (AvgIpc) is 2.75. The highest BCUT2D eigenvalue weighted by molar-refractivity contribution is 6.06. The third kappa shape index (κ3) is 1.94. The van der Waals surface area contributed by atoms with E-state index in [1.165, 1.54) is 0 Å². The quantitative estimate of drug-likeness (QED) is 0.761. The van der Waals surface area contributed by atoms with Gasteiger partial charge in [0.05, 0.1) is 0 Å². The van der Waals surface area contributed by atoms with E-state index in [0.29, 0.717) is 18.9 Å². The molecule has 0 saturated carbocycles. The van der Waals surface area contributed by atoms with E-state index in [1.54, 1.807) is 4.90 Å². The van der Waals surface area contributed by atoms with Crippen molar-refractivity contribution in [2.45, 2.75) is 31.3 Å². The topological polar surface area (TPSA) is 78.5 Å². The van der Waals surface area contributed by atoms with Crippen molar-refractivity contribution in [2.24, 2.45) is 0 Å². The summed E-state index contributed by atoms with van der Waals surface area (Å²) in [4.78, 5) is 37.8. The van der Waals surface area contributed by atoms with Crippen LogP contribution in [0.1, 0.15) is 40.2 Å². The van der Waals surface area contributed by atoms with Crippen LogP contribution < -0.4 is 10.6 Å². The molecule has 0 bridgehead atoms.